The first kappa shape index (κ1) is 26.9. The van der Waals surface area contributed by atoms with Crippen LogP contribution in [0.2, 0.25) is 36.3 Å². The predicted octanol–water partition coefficient (Wildman–Crippen LogP) is 8.30. The van der Waals surface area contributed by atoms with E-state index in [1.807, 2.05) is 24.4 Å². The first-order valence-corrected chi connectivity index (χ1v) is 18.0. The molecule has 0 bridgehead atoms. The number of hydrogen-bond donors (Lipinski definition) is 0. The maximum atomic E-state index is 13.6. The third-order valence-corrected chi connectivity index (χ3v) is 17.1. The maximum Gasteiger partial charge on any atom is 0.301 e. The summed E-state index contributed by atoms with van der Waals surface area (Å²) in [5.74, 6) is 0.882. The molecule has 0 radical (unpaired) electrons. The second-order valence-corrected chi connectivity index (χ2v) is 22.0. The molecule has 0 saturated carbocycles. The fraction of sp³-hybridized carbons (Fsp3) is 0.429. The van der Waals surface area contributed by atoms with Gasteiger partial charge in [-0.15, -0.1) is 0 Å². The van der Waals surface area contributed by atoms with E-state index in [0.29, 0.717) is 5.76 Å². The number of carbonyl (C=O) groups is 1. The quantitative estimate of drug-likeness (QED) is 0.191. The van der Waals surface area contributed by atoms with E-state index in [-0.39, 0.29) is 16.0 Å². The summed E-state index contributed by atoms with van der Waals surface area (Å²) in [6.07, 6.45) is 3.34. The predicted molar refractivity (Wildman–Crippen MR) is 151 cm³/mol. The van der Waals surface area contributed by atoms with Crippen molar-refractivity contribution in [2.75, 3.05) is 0 Å². The van der Waals surface area contributed by atoms with Crippen molar-refractivity contribution < 1.29 is 13.6 Å². The SMILES string of the molecule is CC(C)(C)[Si](C)(C)Oc1ccc2ccccc2c1/C=N/N(C(=O)c1ccco1)[Si](C)(C)C(C)(C)C. The van der Waals surface area contributed by atoms with Gasteiger partial charge in [0.05, 0.1) is 12.5 Å². The van der Waals surface area contributed by atoms with E-state index >= 15 is 0 Å². The minimum Gasteiger partial charge on any atom is -0.543 e. The zero-order valence-corrected chi connectivity index (χ0v) is 24.9. The number of amides is 1. The molecule has 0 aliphatic carbocycles. The average molecular weight is 509 g/mol. The van der Waals surface area contributed by atoms with Crippen LogP contribution in [0.15, 0.2) is 64.3 Å². The fourth-order valence-electron chi connectivity index (χ4n) is 3.31. The van der Waals surface area contributed by atoms with E-state index in [2.05, 4.69) is 85.9 Å². The molecule has 0 unspecified atom stereocenters. The standard InChI is InChI=1S/C28H40N2O3Si2/c1-27(2,3)34(7,8)30(26(31)25-16-13-19-32-25)29-20-23-22-15-12-11-14-21(22)17-18-24(23)33-35(9,10)28(4,5)6/h11-20H,1-10H3/b29-20+. The number of hydrogen-bond acceptors (Lipinski definition) is 4. The van der Waals surface area contributed by atoms with Gasteiger partial charge in [-0.25, -0.2) is 0 Å². The summed E-state index contributed by atoms with van der Waals surface area (Å²) in [5, 5.41) is 6.99. The number of furan rings is 1. The van der Waals surface area contributed by atoms with Gasteiger partial charge in [-0.3, -0.25) is 9.47 Å². The fourth-order valence-corrected chi connectivity index (χ4v) is 5.95. The summed E-state index contributed by atoms with van der Waals surface area (Å²) in [6.45, 7) is 22.0. The second-order valence-electron chi connectivity index (χ2n) is 12.2. The van der Waals surface area contributed by atoms with Crippen LogP contribution in [-0.2, 0) is 0 Å². The lowest BCUT2D eigenvalue weighted by atomic mass is 10.0. The van der Waals surface area contributed by atoms with Crippen molar-refractivity contribution in [3.63, 3.8) is 0 Å². The highest BCUT2D eigenvalue weighted by atomic mass is 28.4. The Morgan fingerprint density at radius 2 is 1.57 bits per heavy atom. The van der Waals surface area contributed by atoms with Crippen LogP contribution in [-0.4, -0.2) is 33.3 Å². The Morgan fingerprint density at radius 1 is 0.914 bits per heavy atom. The Bertz CT molecular complexity index is 1220. The van der Waals surface area contributed by atoms with Crippen molar-refractivity contribution in [1.29, 1.82) is 0 Å². The lowest BCUT2D eigenvalue weighted by molar-refractivity contribution is 0.0818. The smallest absolute Gasteiger partial charge is 0.301 e. The third kappa shape index (κ3) is 5.46. The maximum absolute atomic E-state index is 13.6. The van der Waals surface area contributed by atoms with Gasteiger partial charge in [0, 0.05) is 5.56 Å². The molecule has 0 aliphatic rings. The molecule has 35 heavy (non-hydrogen) atoms. The van der Waals surface area contributed by atoms with Crippen molar-refractivity contribution in [2.45, 2.75) is 77.8 Å². The lowest BCUT2D eigenvalue weighted by Crippen LogP contribution is -2.54. The highest BCUT2D eigenvalue weighted by Crippen LogP contribution is 2.41. The Morgan fingerprint density at radius 3 is 2.14 bits per heavy atom. The molecule has 0 fully saturated rings. The molecule has 5 nitrogen and oxygen atoms in total. The molecule has 0 spiro atoms. The Kier molecular flexibility index (Phi) is 7.26. The summed E-state index contributed by atoms with van der Waals surface area (Å²) < 4.78 is 13.9. The van der Waals surface area contributed by atoms with Crippen molar-refractivity contribution in [3.8, 4) is 5.75 Å². The van der Waals surface area contributed by atoms with E-state index in [0.717, 1.165) is 22.1 Å². The Labute approximate surface area is 212 Å². The second kappa shape index (κ2) is 9.43. The number of fused-ring (bicyclic) bond motifs is 1. The summed E-state index contributed by atoms with van der Waals surface area (Å²) >= 11 is 0. The van der Waals surface area contributed by atoms with Gasteiger partial charge < -0.3 is 8.84 Å². The van der Waals surface area contributed by atoms with Crippen LogP contribution < -0.4 is 4.43 Å². The highest BCUT2D eigenvalue weighted by Gasteiger charge is 2.45. The molecule has 3 rings (SSSR count). The Hall–Kier alpha value is -2.65. The number of carbonyl (C=O) groups excluding carboxylic acids is 1. The molecule has 1 aromatic heterocycles. The molecule has 0 N–H and O–H groups in total. The van der Waals surface area contributed by atoms with E-state index in [4.69, 9.17) is 13.9 Å². The third-order valence-electron chi connectivity index (χ3n) is 7.69. The molecule has 1 amide bonds. The lowest BCUT2D eigenvalue weighted by Gasteiger charge is -2.42. The minimum absolute atomic E-state index is 0.0511. The van der Waals surface area contributed by atoms with Gasteiger partial charge in [-0.1, -0.05) is 71.9 Å². The van der Waals surface area contributed by atoms with Gasteiger partial charge in [0.15, 0.2) is 14.0 Å². The number of hydrazone groups is 1. The van der Waals surface area contributed by atoms with Gasteiger partial charge in [0.25, 0.3) is 8.32 Å². The van der Waals surface area contributed by atoms with E-state index < -0.39 is 16.6 Å². The molecule has 3 aromatic rings. The van der Waals surface area contributed by atoms with Crippen LogP contribution in [0.3, 0.4) is 0 Å². The number of rotatable bonds is 6. The topological polar surface area (TPSA) is 55.0 Å². The average Bonchev–Trinajstić information content (AvgIpc) is 3.28. The summed E-state index contributed by atoms with van der Waals surface area (Å²) in [4.78, 5) is 13.6. The van der Waals surface area contributed by atoms with Crippen LogP contribution in [0, 0.1) is 0 Å². The van der Waals surface area contributed by atoms with E-state index in [9.17, 15) is 4.79 Å². The van der Waals surface area contributed by atoms with E-state index in [1.54, 1.807) is 16.8 Å². The van der Waals surface area contributed by atoms with Crippen molar-refractivity contribution in [1.82, 2.24) is 4.67 Å². The van der Waals surface area contributed by atoms with Crippen LogP contribution in [0.1, 0.15) is 57.7 Å². The normalized spacial score (nSPS) is 13.4. The van der Waals surface area contributed by atoms with Gasteiger partial charge in [-0.05, 0) is 65.2 Å². The molecule has 0 atom stereocenters. The molecule has 0 saturated heterocycles. The molecule has 0 aliphatic heterocycles. The summed E-state index contributed by atoms with van der Waals surface area (Å²) in [5.41, 5.74) is 0.892. The molecule has 7 heteroatoms. The van der Waals surface area contributed by atoms with Gasteiger partial charge in [-0.2, -0.15) is 5.10 Å². The van der Waals surface area contributed by atoms with E-state index in [1.165, 1.54) is 6.26 Å². The molecule has 2 aromatic carbocycles. The van der Waals surface area contributed by atoms with Gasteiger partial charge >= 0.3 is 5.91 Å². The molecule has 188 valence electrons. The van der Waals surface area contributed by atoms with Crippen molar-refractivity contribution >= 4 is 39.4 Å². The largest absolute Gasteiger partial charge is 0.543 e. The Balaban J connectivity index is 2.18. The van der Waals surface area contributed by atoms with Gasteiger partial charge in [0.2, 0.25) is 0 Å². The molecular formula is C28H40N2O3Si2. The first-order valence-electron chi connectivity index (χ1n) is 12.2. The van der Waals surface area contributed by atoms with Crippen LogP contribution >= 0.6 is 0 Å². The van der Waals surface area contributed by atoms with Crippen LogP contribution in [0.5, 0.6) is 5.75 Å². The molecule has 1 heterocycles. The van der Waals surface area contributed by atoms with Crippen LogP contribution in [0.4, 0.5) is 0 Å². The molecular weight excluding hydrogens is 468 g/mol. The number of benzene rings is 2. The minimum atomic E-state index is -2.38. The summed E-state index contributed by atoms with van der Waals surface area (Å²) in [7, 11) is -4.48. The van der Waals surface area contributed by atoms with Crippen LogP contribution in [0.25, 0.3) is 10.8 Å². The highest BCUT2D eigenvalue weighted by molar-refractivity contribution is 6.79. The number of nitrogens with zero attached hydrogens (tertiary/aromatic N) is 2. The zero-order valence-electron chi connectivity index (χ0n) is 22.9. The van der Waals surface area contributed by atoms with Crippen molar-refractivity contribution in [2.24, 2.45) is 5.10 Å². The van der Waals surface area contributed by atoms with Crippen molar-refractivity contribution in [3.05, 3.63) is 66.1 Å². The van der Waals surface area contributed by atoms with Gasteiger partial charge in [0.1, 0.15) is 5.75 Å². The summed E-state index contributed by atoms with van der Waals surface area (Å²) in [6, 6.07) is 15.8. The first-order chi connectivity index (χ1) is 16.1. The zero-order chi connectivity index (χ0) is 26.2. The monoisotopic (exact) mass is 508 g/mol.